The number of Topliss-reactive ketones (excluding diaryl/α,β-unsaturated/α-hetero) is 1. The van der Waals surface area contributed by atoms with Crippen molar-refractivity contribution in [3.8, 4) is 0 Å². The zero-order chi connectivity index (χ0) is 20.7. The van der Waals surface area contributed by atoms with Gasteiger partial charge in [-0.3, -0.25) is 4.79 Å². The normalized spacial score (nSPS) is 11.2. The molecule has 6 nitrogen and oxygen atoms in total. The monoisotopic (exact) mass is 423 g/mol. The molecule has 0 fully saturated rings. The lowest BCUT2D eigenvalue weighted by molar-refractivity contribution is 0.0474. The molecule has 0 radical (unpaired) electrons. The fraction of sp³-hybridized carbons (Fsp3) is 0.300. The van der Waals surface area contributed by atoms with Gasteiger partial charge in [0.05, 0.1) is 10.6 Å². The van der Waals surface area contributed by atoms with E-state index in [2.05, 4.69) is 11.6 Å². The number of halogens is 1. The molecular formula is C20H22ClNO5S. The Kier molecular flexibility index (Phi) is 7.74. The average Bonchev–Trinajstić information content (AvgIpc) is 2.70. The van der Waals surface area contributed by atoms with Gasteiger partial charge in [-0.05, 0) is 43.7 Å². The molecule has 1 N–H and O–H groups in total. The smallest absolute Gasteiger partial charge is 0.338 e. The quantitative estimate of drug-likeness (QED) is 0.491. The Labute approximate surface area is 169 Å². The minimum Gasteiger partial charge on any atom is -0.454 e. The van der Waals surface area contributed by atoms with Crippen LogP contribution in [0.25, 0.3) is 0 Å². The standard InChI is InChI=1S/C20H22ClNO5S/c1-3-4-5-14-6-8-15(9-7-14)18(23)13-27-20(24)16-10-11-17(21)19(12-16)28(25,26)22-2/h6-12,22H,3-5,13H2,1-2H3. The second kappa shape index (κ2) is 9.82. The van der Waals surface area contributed by atoms with Crippen LogP contribution in [0, 0.1) is 0 Å². The van der Waals surface area contributed by atoms with Crippen molar-refractivity contribution in [2.24, 2.45) is 0 Å². The van der Waals surface area contributed by atoms with E-state index in [-0.39, 0.29) is 21.3 Å². The minimum absolute atomic E-state index is 0.0130. The topological polar surface area (TPSA) is 89.5 Å². The predicted molar refractivity (Wildman–Crippen MR) is 107 cm³/mol. The van der Waals surface area contributed by atoms with Gasteiger partial charge in [-0.2, -0.15) is 0 Å². The lowest BCUT2D eigenvalue weighted by atomic mass is 10.0. The summed E-state index contributed by atoms with van der Waals surface area (Å²) in [7, 11) is -2.59. The maximum atomic E-state index is 12.2. The van der Waals surface area contributed by atoms with Gasteiger partial charge in [-0.25, -0.2) is 17.9 Å². The van der Waals surface area contributed by atoms with E-state index in [0.29, 0.717) is 5.56 Å². The van der Waals surface area contributed by atoms with Crippen molar-refractivity contribution in [3.63, 3.8) is 0 Å². The molecule has 150 valence electrons. The highest BCUT2D eigenvalue weighted by molar-refractivity contribution is 7.89. The first kappa shape index (κ1) is 22.1. The summed E-state index contributed by atoms with van der Waals surface area (Å²) in [6, 6.07) is 10.9. The summed E-state index contributed by atoms with van der Waals surface area (Å²) in [4.78, 5) is 24.2. The molecule has 0 amide bonds. The number of rotatable bonds is 9. The highest BCUT2D eigenvalue weighted by Gasteiger charge is 2.19. The number of nitrogens with one attached hydrogen (secondary N) is 1. The maximum absolute atomic E-state index is 12.2. The van der Waals surface area contributed by atoms with E-state index in [4.69, 9.17) is 16.3 Å². The van der Waals surface area contributed by atoms with Crippen molar-refractivity contribution in [1.82, 2.24) is 4.72 Å². The number of hydrogen-bond acceptors (Lipinski definition) is 5. The van der Waals surface area contributed by atoms with Crippen molar-refractivity contribution >= 4 is 33.4 Å². The first-order valence-electron chi connectivity index (χ1n) is 8.81. The van der Waals surface area contributed by atoms with E-state index in [9.17, 15) is 18.0 Å². The third-order valence-corrected chi connectivity index (χ3v) is 6.05. The molecule has 0 aliphatic carbocycles. The van der Waals surface area contributed by atoms with Gasteiger partial charge >= 0.3 is 5.97 Å². The van der Waals surface area contributed by atoms with Crippen LogP contribution in [0.4, 0.5) is 0 Å². The number of ether oxygens (including phenoxy) is 1. The Hall–Kier alpha value is -2.22. The molecular weight excluding hydrogens is 402 g/mol. The molecule has 0 saturated heterocycles. The van der Waals surface area contributed by atoms with Crippen LogP contribution in [0.1, 0.15) is 46.0 Å². The molecule has 2 aromatic carbocycles. The third-order valence-electron chi connectivity index (χ3n) is 4.15. The second-order valence-electron chi connectivity index (χ2n) is 6.15. The molecule has 0 spiro atoms. The molecule has 8 heteroatoms. The number of sulfonamides is 1. The highest BCUT2D eigenvalue weighted by atomic mass is 35.5. The Balaban J connectivity index is 2.04. The van der Waals surface area contributed by atoms with Crippen molar-refractivity contribution in [3.05, 3.63) is 64.2 Å². The van der Waals surface area contributed by atoms with Gasteiger partial charge < -0.3 is 4.74 Å². The van der Waals surface area contributed by atoms with Crippen LogP contribution in [0.3, 0.4) is 0 Å². The molecule has 0 unspecified atom stereocenters. The molecule has 2 aromatic rings. The van der Waals surface area contributed by atoms with E-state index < -0.39 is 22.6 Å². The van der Waals surface area contributed by atoms with Crippen LogP contribution in [0.5, 0.6) is 0 Å². The summed E-state index contributed by atoms with van der Waals surface area (Å²) in [5.41, 5.74) is 1.58. The molecule has 0 heterocycles. The number of aryl methyl sites for hydroxylation is 1. The summed E-state index contributed by atoms with van der Waals surface area (Å²) < 4.78 is 31.0. The first-order chi connectivity index (χ1) is 13.3. The van der Waals surface area contributed by atoms with Crippen LogP contribution in [0.15, 0.2) is 47.4 Å². The number of unbranched alkanes of at least 4 members (excludes halogenated alkanes) is 1. The summed E-state index contributed by atoms with van der Waals surface area (Å²) in [5.74, 6) is -1.15. The van der Waals surface area contributed by atoms with E-state index in [0.717, 1.165) is 30.9 Å². The van der Waals surface area contributed by atoms with Crippen LogP contribution >= 0.6 is 11.6 Å². The molecule has 2 rings (SSSR count). The Bertz CT molecular complexity index is 955. The summed E-state index contributed by atoms with van der Waals surface area (Å²) in [6.07, 6.45) is 3.13. The van der Waals surface area contributed by atoms with Gasteiger partial charge in [0.1, 0.15) is 4.90 Å². The Morgan fingerprint density at radius 2 is 1.71 bits per heavy atom. The van der Waals surface area contributed by atoms with Crippen molar-refractivity contribution < 1.29 is 22.7 Å². The number of hydrogen-bond donors (Lipinski definition) is 1. The summed E-state index contributed by atoms with van der Waals surface area (Å²) >= 11 is 5.89. The van der Waals surface area contributed by atoms with E-state index >= 15 is 0 Å². The first-order valence-corrected chi connectivity index (χ1v) is 10.7. The van der Waals surface area contributed by atoms with Gasteiger partial charge in [0.25, 0.3) is 0 Å². The number of carbonyl (C=O) groups excluding carboxylic acids is 2. The van der Waals surface area contributed by atoms with Crippen molar-refractivity contribution in [2.45, 2.75) is 31.1 Å². The van der Waals surface area contributed by atoms with Gasteiger partial charge in [0, 0.05) is 5.56 Å². The number of ketones is 1. The van der Waals surface area contributed by atoms with Crippen molar-refractivity contribution in [2.75, 3.05) is 13.7 Å². The zero-order valence-electron chi connectivity index (χ0n) is 15.7. The van der Waals surface area contributed by atoms with Gasteiger partial charge in [0.2, 0.25) is 10.0 Å². The minimum atomic E-state index is -3.83. The number of benzene rings is 2. The highest BCUT2D eigenvalue weighted by Crippen LogP contribution is 2.23. The zero-order valence-corrected chi connectivity index (χ0v) is 17.3. The van der Waals surface area contributed by atoms with E-state index in [1.165, 1.54) is 19.2 Å². The Morgan fingerprint density at radius 3 is 2.32 bits per heavy atom. The average molecular weight is 424 g/mol. The molecule has 0 saturated carbocycles. The van der Waals surface area contributed by atoms with Gasteiger partial charge in [-0.15, -0.1) is 0 Å². The molecule has 0 atom stereocenters. The Morgan fingerprint density at radius 1 is 1.07 bits per heavy atom. The van der Waals surface area contributed by atoms with E-state index in [1.807, 2.05) is 12.1 Å². The van der Waals surface area contributed by atoms with Crippen molar-refractivity contribution in [1.29, 1.82) is 0 Å². The van der Waals surface area contributed by atoms with Gasteiger partial charge in [0.15, 0.2) is 12.4 Å². The van der Waals surface area contributed by atoms with Crippen LogP contribution in [0.2, 0.25) is 5.02 Å². The number of carbonyl (C=O) groups is 2. The van der Waals surface area contributed by atoms with E-state index in [1.54, 1.807) is 12.1 Å². The SMILES string of the molecule is CCCCc1ccc(C(=O)COC(=O)c2ccc(Cl)c(S(=O)(=O)NC)c2)cc1. The number of esters is 1. The largest absolute Gasteiger partial charge is 0.454 e. The molecule has 0 aliphatic rings. The maximum Gasteiger partial charge on any atom is 0.338 e. The fourth-order valence-corrected chi connectivity index (χ4v) is 3.73. The molecule has 0 bridgehead atoms. The lowest BCUT2D eigenvalue weighted by Gasteiger charge is -2.08. The lowest BCUT2D eigenvalue weighted by Crippen LogP contribution is -2.20. The molecule has 0 aliphatic heterocycles. The fourth-order valence-electron chi connectivity index (χ4n) is 2.48. The predicted octanol–water partition coefficient (Wildman–Crippen LogP) is 3.63. The summed E-state index contributed by atoms with van der Waals surface area (Å²) in [6.45, 7) is 1.67. The summed E-state index contributed by atoms with van der Waals surface area (Å²) in [5, 5.41) is -0.0230. The van der Waals surface area contributed by atoms with Crippen LogP contribution < -0.4 is 4.72 Å². The van der Waals surface area contributed by atoms with Crippen LogP contribution in [-0.4, -0.2) is 33.8 Å². The van der Waals surface area contributed by atoms with Gasteiger partial charge in [-0.1, -0.05) is 49.2 Å². The van der Waals surface area contributed by atoms with Crippen LogP contribution in [-0.2, 0) is 21.2 Å². The molecule has 28 heavy (non-hydrogen) atoms. The molecule has 0 aromatic heterocycles. The second-order valence-corrected chi connectivity index (χ2v) is 8.41. The third kappa shape index (κ3) is 5.64.